The number of anilines is 1. The zero-order chi connectivity index (χ0) is 19.3. The summed E-state index contributed by atoms with van der Waals surface area (Å²) in [6.45, 7) is 6.60. The summed E-state index contributed by atoms with van der Waals surface area (Å²) >= 11 is 0. The molecule has 2 N–H and O–H groups in total. The van der Waals surface area contributed by atoms with Crippen LogP contribution in [0.5, 0.6) is 0 Å². The van der Waals surface area contributed by atoms with Gasteiger partial charge < -0.3 is 14.6 Å². The minimum atomic E-state index is -0.743. The fourth-order valence-electron chi connectivity index (χ4n) is 2.39. The van der Waals surface area contributed by atoms with E-state index >= 15 is 0 Å². The highest BCUT2D eigenvalue weighted by atomic mass is 16.5. The Morgan fingerprint density at radius 3 is 2.58 bits per heavy atom. The lowest BCUT2D eigenvalue weighted by atomic mass is 10.1. The number of urea groups is 1. The smallest absolute Gasteiger partial charge is 0.344 e. The summed E-state index contributed by atoms with van der Waals surface area (Å²) in [5.41, 5.74) is 3.19. The van der Waals surface area contributed by atoms with Gasteiger partial charge in [-0.05, 0) is 38.8 Å². The van der Waals surface area contributed by atoms with E-state index in [1.54, 1.807) is 13.0 Å². The Hall–Kier alpha value is -3.16. The number of amides is 3. The van der Waals surface area contributed by atoms with Crippen molar-refractivity contribution in [1.29, 1.82) is 0 Å². The molecule has 1 aromatic carbocycles. The summed E-state index contributed by atoms with van der Waals surface area (Å²) in [7, 11) is 0. The number of aryl methyl sites for hydroxylation is 4. The highest BCUT2D eigenvalue weighted by Crippen LogP contribution is 2.16. The summed E-state index contributed by atoms with van der Waals surface area (Å²) in [6, 6.07) is 4.80. The molecule has 0 spiro atoms. The van der Waals surface area contributed by atoms with Crippen molar-refractivity contribution >= 4 is 23.6 Å². The molecule has 138 valence electrons. The van der Waals surface area contributed by atoms with Gasteiger partial charge in [0.2, 0.25) is 0 Å². The van der Waals surface area contributed by atoms with Crippen LogP contribution in [0.4, 0.5) is 10.5 Å². The standard InChI is InChI=1S/C18H21N3O5/c1-5-13-16(12(4)26-21-13)17(23)25-9-15(22)20-18(24)19-14-7-6-10(2)8-11(14)3/h6-8H,5,9H2,1-4H3,(H2,19,20,22,24). The molecule has 0 saturated carbocycles. The number of esters is 1. The zero-order valence-corrected chi connectivity index (χ0v) is 15.1. The molecule has 1 aromatic heterocycles. The van der Waals surface area contributed by atoms with Crippen molar-refractivity contribution in [2.75, 3.05) is 11.9 Å². The van der Waals surface area contributed by atoms with E-state index in [4.69, 9.17) is 9.26 Å². The largest absolute Gasteiger partial charge is 0.452 e. The maximum atomic E-state index is 12.1. The third-order valence-electron chi connectivity index (χ3n) is 3.69. The third kappa shape index (κ3) is 4.69. The van der Waals surface area contributed by atoms with Crippen LogP contribution in [0.3, 0.4) is 0 Å². The van der Waals surface area contributed by atoms with Gasteiger partial charge in [0, 0.05) is 5.69 Å². The first-order valence-corrected chi connectivity index (χ1v) is 8.12. The highest BCUT2D eigenvalue weighted by molar-refractivity contribution is 6.02. The van der Waals surface area contributed by atoms with E-state index in [-0.39, 0.29) is 5.56 Å². The molecule has 8 heteroatoms. The SMILES string of the molecule is CCc1noc(C)c1C(=O)OCC(=O)NC(=O)Nc1ccc(C)cc1C. The third-order valence-corrected chi connectivity index (χ3v) is 3.69. The Morgan fingerprint density at radius 1 is 1.19 bits per heavy atom. The Bertz CT molecular complexity index is 841. The van der Waals surface area contributed by atoms with Crippen LogP contribution in [0.2, 0.25) is 0 Å². The maximum absolute atomic E-state index is 12.1. The van der Waals surface area contributed by atoms with E-state index in [2.05, 4.69) is 15.8 Å². The van der Waals surface area contributed by atoms with Crippen LogP contribution in [0.15, 0.2) is 22.7 Å². The summed E-state index contributed by atoms with van der Waals surface area (Å²) < 4.78 is 9.88. The molecule has 0 aliphatic heterocycles. The van der Waals surface area contributed by atoms with Crippen LogP contribution in [-0.4, -0.2) is 29.7 Å². The maximum Gasteiger partial charge on any atom is 0.344 e. The molecule has 2 aromatic rings. The highest BCUT2D eigenvalue weighted by Gasteiger charge is 2.21. The van der Waals surface area contributed by atoms with Crippen LogP contribution in [0.1, 0.15) is 39.9 Å². The van der Waals surface area contributed by atoms with Crippen molar-refractivity contribution in [3.05, 3.63) is 46.3 Å². The predicted octanol–water partition coefficient (Wildman–Crippen LogP) is 2.67. The van der Waals surface area contributed by atoms with Crippen LogP contribution in [0.25, 0.3) is 0 Å². The Kier molecular flexibility index (Phi) is 6.11. The molecule has 0 aliphatic carbocycles. The Balaban J connectivity index is 1.87. The molecule has 0 bridgehead atoms. The summed E-state index contributed by atoms with van der Waals surface area (Å²) in [4.78, 5) is 35.7. The number of imide groups is 1. The van der Waals surface area contributed by atoms with Gasteiger partial charge in [0.05, 0.1) is 5.69 Å². The molecule has 0 saturated heterocycles. The molecule has 0 unspecified atom stereocenters. The summed E-state index contributed by atoms with van der Waals surface area (Å²) in [6.07, 6.45) is 0.492. The van der Waals surface area contributed by atoms with Gasteiger partial charge in [0.15, 0.2) is 6.61 Å². The van der Waals surface area contributed by atoms with Gasteiger partial charge in [-0.2, -0.15) is 0 Å². The fraction of sp³-hybridized carbons (Fsp3) is 0.333. The van der Waals surface area contributed by atoms with Crippen molar-refractivity contribution in [1.82, 2.24) is 10.5 Å². The zero-order valence-electron chi connectivity index (χ0n) is 15.1. The number of carbonyl (C=O) groups excluding carboxylic acids is 3. The van der Waals surface area contributed by atoms with E-state index in [9.17, 15) is 14.4 Å². The van der Waals surface area contributed by atoms with Gasteiger partial charge in [-0.15, -0.1) is 0 Å². The number of nitrogens with zero attached hydrogens (tertiary/aromatic N) is 1. The first-order valence-electron chi connectivity index (χ1n) is 8.12. The molecule has 26 heavy (non-hydrogen) atoms. The Labute approximate surface area is 150 Å². The lowest BCUT2D eigenvalue weighted by Gasteiger charge is -2.10. The molecular weight excluding hydrogens is 338 g/mol. The molecule has 8 nitrogen and oxygen atoms in total. The number of ether oxygens (including phenoxy) is 1. The van der Waals surface area contributed by atoms with E-state index in [1.807, 2.05) is 32.9 Å². The second kappa shape index (κ2) is 8.28. The van der Waals surface area contributed by atoms with E-state index in [0.717, 1.165) is 11.1 Å². The molecule has 0 radical (unpaired) electrons. The summed E-state index contributed by atoms with van der Waals surface area (Å²) in [5, 5.41) is 8.43. The number of benzene rings is 1. The molecular formula is C18H21N3O5. The Morgan fingerprint density at radius 2 is 1.92 bits per heavy atom. The van der Waals surface area contributed by atoms with Crippen molar-refractivity contribution in [2.45, 2.75) is 34.1 Å². The van der Waals surface area contributed by atoms with Gasteiger partial charge in [-0.25, -0.2) is 9.59 Å². The van der Waals surface area contributed by atoms with Crippen LogP contribution < -0.4 is 10.6 Å². The van der Waals surface area contributed by atoms with Crippen molar-refractivity contribution < 1.29 is 23.6 Å². The number of aromatic nitrogens is 1. The number of carbonyl (C=O) groups is 3. The number of hydrogen-bond donors (Lipinski definition) is 2. The van der Waals surface area contributed by atoms with E-state index in [0.29, 0.717) is 23.6 Å². The minimum absolute atomic E-state index is 0.208. The van der Waals surface area contributed by atoms with E-state index in [1.165, 1.54) is 0 Å². The second-order valence-electron chi connectivity index (χ2n) is 5.81. The molecule has 3 amide bonds. The van der Waals surface area contributed by atoms with Crippen molar-refractivity contribution in [3.63, 3.8) is 0 Å². The number of rotatable bonds is 5. The molecule has 0 fully saturated rings. The van der Waals surface area contributed by atoms with Crippen LogP contribution in [0, 0.1) is 20.8 Å². The van der Waals surface area contributed by atoms with Crippen LogP contribution >= 0.6 is 0 Å². The first-order chi connectivity index (χ1) is 12.3. The van der Waals surface area contributed by atoms with Crippen LogP contribution in [-0.2, 0) is 16.0 Å². The van der Waals surface area contributed by atoms with Gasteiger partial charge in [-0.1, -0.05) is 29.8 Å². The fourth-order valence-corrected chi connectivity index (χ4v) is 2.39. The average molecular weight is 359 g/mol. The van der Waals surface area contributed by atoms with Gasteiger partial charge >= 0.3 is 12.0 Å². The normalized spacial score (nSPS) is 10.3. The van der Waals surface area contributed by atoms with E-state index < -0.39 is 24.5 Å². The average Bonchev–Trinajstić information content (AvgIpc) is 2.96. The summed E-state index contributed by atoms with van der Waals surface area (Å²) in [5.74, 6) is -1.14. The molecule has 0 aliphatic rings. The second-order valence-corrected chi connectivity index (χ2v) is 5.81. The first kappa shape index (κ1) is 19.2. The quantitative estimate of drug-likeness (QED) is 0.794. The molecule has 0 atom stereocenters. The van der Waals surface area contributed by atoms with Crippen molar-refractivity contribution in [2.24, 2.45) is 0 Å². The molecule has 1 heterocycles. The minimum Gasteiger partial charge on any atom is -0.452 e. The number of nitrogens with one attached hydrogen (secondary N) is 2. The lowest BCUT2D eigenvalue weighted by molar-refractivity contribution is -0.123. The lowest BCUT2D eigenvalue weighted by Crippen LogP contribution is -2.37. The van der Waals surface area contributed by atoms with Crippen molar-refractivity contribution in [3.8, 4) is 0 Å². The topological polar surface area (TPSA) is 111 Å². The number of hydrogen-bond acceptors (Lipinski definition) is 6. The monoisotopic (exact) mass is 359 g/mol. The van der Waals surface area contributed by atoms with Gasteiger partial charge in [0.1, 0.15) is 11.3 Å². The van der Waals surface area contributed by atoms with Gasteiger partial charge in [0.25, 0.3) is 5.91 Å². The molecule has 2 rings (SSSR count). The predicted molar refractivity (Wildman–Crippen MR) is 94.0 cm³/mol. The van der Waals surface area contributed by atoms with Gasteiger partial charge in [-0.3, -0.25) is 10.1 Å².